The summed E-state index contributed by atoms with van der Waals surface area (Å²) in [6.07, 6.45) is 4.57. The molecule has 0 aromatic carbocycles. The zero-order valence-electron chi connectivity index (χ0n) is 7.97. The monoisotopic (exact) mass is 217 g/mol. The third kappa shape index (κ3) is 1.05. The van der Waals surface area contributed by atoms with Gasteiger partial charge < -0.3 is 15.2 Å². The van der Waals surface area contributed by atoms with Crippen molar-refractivity contribution in [3.63, 3.8) is 0 Å². The molecule has 0 spiro atoms. The molecule has 0 saturated carbocycles. The van der Waals surface area contributed by atoms with E-state index < -0.39 is 0 Å². The fourth-order valence-electron chi connectivity index (χ4n) is 1.59. The molecule has 7 heteroatoms. The van der Waals surface area contributed by atoms with Crippen molar-refractivity contribution in [2.24, 2.45) is 0 Å². The van der Waals surface area contributed by atoms with Gasteiger partial charge >= 0.3 is 0 Å². The highest BCUT2D eigenvalue weighted by molar-refractivity contribution is 5.97. The number of aromatic amines is 2. The van der Waals surface area contributed by atoms with Gasteiger partial charge in [0, 0.05) is 11.8 Å². The molecule has 7 nitrogen and oxygen atoms in total. The summed E-state index contributed by atoms with van der Waals surface area (Å²) in [5.74, 6) is -0.577. The van der Waals surface area contributed by atoms with Crippen molar-refractivity contribution in [2.75, 3.05) is 0 Å². The van der Waals surface area contributed by atoms with E-state index in [0.29, 0.717) is 22.3 Å². The topological polar surface area (TPSA) is 111 Å². The number of nitrogens with one attached hydrogen (secondary N) is 2. The minimum Gasteiger partial charge on any atom is -0.503 e. The molecular weight excluding hydrogens is 210 g/mol. The lowest BCUT2D eigenvalue weighted by Gasteiger charge is -1.97. The molecule has 0 fully saturated rings. The molecule has 0 bridgehead atoms. The number of hydrogen-bond donors (Lipinski definition) is 4. The van der Waals surface area contributed by atoms with Gasteiger partial charge in [-0.2, -0.15) is 5.10 Å². The molecule has 80 valence electrons. The fourth-order valence-corrected chi connectivity index (χ4v) is 1.59. The van der Waals surface area contributed by atoms with Gasteiger partial charge in [-0.3, -0.25) is 5.10 Å². The zero-order valence-corrected chi connectivity index (χ0v) is 7.97. The second kappa shape index (κ2) is 2.96. The molecular formula is C9H7N5O2. The predicted molar refractivity (Wildman–Crippen MR) is 54.8 cm³/mol. The van der Waals surface area contributed by atoms with E-state index >= 15 is 0 Å². The van der Waals surface area contributed by atoms with E-state index in [4.69, 9.17) is 0 Å². The first-order valence-electron chi connectivity index (χ1n) is 4.51. The smallest absolute Gasteiger partial charge is 0.234 e. The molecule has 0 amide bonds. The standard InChI is InChI=1S/C9H7N5O2/c15-7-5-6(4-1-12-13-2-4)10-3-11-8(5)14-9(7)16/h1-3,15-16H,(H,12,13)(H,10,11,14). The predicted octanol–water partition coefficient (Wildman–Crippen LogP) is 0.759. The molecule has 0 aliphatic heterocycles. The van der Waals surface area contributed by atoms with Crippen molar-refractivity contribution >= 4 is 11.0 Å². The van der Waals surface area contributed by atoms with Crippen LogP contribution in [-0.4, -0.2) is 35.4 Å². The average molecular weight is 217 g/mol. The minimum atomic E-state index is -0.319. The van der Waals surface area contributed by atoms with Gasteiger partial charge in [-0.1, -0.05) is 0 Å². The van der Waals surface area contributed by atoms with E-state index in [1.54, 1.807) is 12.4 Å². The highest BCUT2D eigenvalue weighted by atomic mass is 16.3. The normalized spacial score (nSPS) is 11.0. The van der Waals surface area contributed by atoms with Crippen molar-refractivity contribution in [2.45, 2.75) is 0 Å². The number of fused-ring (bicyclic) bond motifs is 1. The second-order valence-electron chi connectivity index (χ2n) is 3.26. The highest BCUT2D eigenvalue weighted by Crippen LogP contribution is 2.37. The summed E-state index contributed by atoms with van der Waals surface area (Å²) >= 11 is 0. The molecule has 0 saturated heterocycles. The lowest BCUT2D eigenvalue weighted by atomic mass is 10.2. The van der Waals surface area contributed by atoms with E-state index in [2.05, 4.69) is 25.1 Å². The Morgan fingerprint density at radius 3 is 2.81 bits per heavy atom. The van der Waals surface area contributed by atoms with Crippen LogP contribution in [0.2, 0.25) is 0 Å². The maximum Gasteiger partial charge on any atom is 0.234 e. The van der Waals surface area contributed by atoms with Crippen molar-refractivity contribution in [1.82, 2.24) is 25.1 Å². The van der Waals surface area contributed by atoms with Gasteiger partial charge in [0.05, 0.1) is 17.3 Å². The van der Waals surface area contributed by atoms with E-state index in [1.807, 2.05) is 0 Å². The fraction of sp³-hybridized carbons (Fsp3) is 0. The summed E-state index contributed by atoms with van der Waals surface area (Å²) in [6, 6.07) is 0. The summed E-state index contributed by atoms with van der Waals surface area (Å²) in [5, 5.41) is 25.9. The van der Waals surface area contributed by atoms with Crippen LogP contribution in [0.1, 0.15) is 0 Å². The van der Waals surface area contributed by atoms with Crippen LogP contribution in [-0.2, 0) is 0 Å². The number of hydrogen-bond acceptors (Lipinski definition) is 5. The molecule has 0 unspecified atom stereocenters. The van der Waals surface area contributed by atoms with E-state index in [9.17, 15) is 10.2 Å². The molecule has 0 aliphatic rings. The Labute approximate surface area is 88.8 Å². The van der Waals surface area contributed by atoms with Gasteiger partial charge in [0.1, 0.15) is 12.0 Å². The van der Waals surface area contributed by atoms with Crippen molar-refractivity contribution in [1.29, 1.82) is 0 Å². The van der Waals surface area contributed by atoms with Crippen LogP contribution < -0.4 is 0 Å². The molecule has 0 atom stereocenters. The van der Waals surface area contributed by atoms with E-state index in [1.165, 1.54) is 6.33 Å². The minimum absolute atomic E-state index is 0.258. The van der Waals surface area contributed by atoms with Crippen LogP contribution >= 0.6 is 0 Å². The van der Waals surface area contributed by atoms with Gasteiger partial charge in [0.15, 0.2) is 5.75 Å². The Morgan fingerprint density at radius 1 is 1.19 bits per heavy atom. The van der Waals surface area contributed by atoms with Crippen LogP contribution in [0.15, 0.2) is 18.7 Å². The molecule has 4 N–H and O–H groups in total. The summed E-state index contributed by atoms with van der Waals surface area (Å²) < 4.78 is 0. The van der Waals surface area contributed by atoms with Gasteiger partial charge in [-0.25, -0.2) is 9.97 Å². The van der Waals surface area contributed by atoms with Gasteiger partial charge in [-0.05, 0) is 0 Å². The van der Waals surface area contributed by atoms with Crippen LogP contribution in [0.3, 0.4) is 0 Å². The Balaban J connectivity index is 2.41. The third-order valence-electron chi connectivity index (χ3n) is 2.32. The quantitative estimate of drug-likeness (QED) is 0.481. The molecule has 3 aromatic heterocycles. The van der Waals surface area contributed by atoms with Crippen molar-refractivity contribution < 1.29 is 10.2 Å². The Morgan fingerprint density at radius 2 is 2.06 bits per heavy atom. The lowest BCUT2D eigenvalue weighted by molar-refractivity contribution is 0.398. The van der Waals surface area contributed by atoms with E-state index in [0.717, 1.165) is 0 Å². The maximum atomic E-state index is 9.69. The summed E-state index contributed by atoms with van der Waals surface area (Å²) in [6.45, 7) is 0. The SMILES string of the molecule is Oc1[nH]c2ncnc(-c3cn[nH]c3)c2c1O. The van der Waals surface area contributed by atoms with Gasteiger partial charge in [0.2, 0.25) is 5.88 Å². The van der Waals surface area contributed by atoms with Crippen molar-refractivity contribution in [3.8, 4) is 22.9 Å². The van der Waals surface area contributed by atoms with Gasteiger partial charge in [0.25, 0.3) is 0 Å². The third-order valence-corrected chi connectivity index (χ3v) is 2.32. The zero-order chi connectivity index (χ0) is 11.1. The summed E-state index contributed by atoms with van der Waals surface area (Å²) in [4.78, 5) is 10.5. The first-order chi connectivity index (χ1) is 7.77. The van der Waals surface area contributed by atoms with Crippen LogP contribution in [0.4, 0.5) is 0 Å². The van der Waals surface area contributed by atoms with Crippen LogP contribution in [0.25, 0.3) is 22.3 Å². The Hall–Kier alpha value is -2.57. The molecule has 3 rings (SSSR count). The first kappa shape index (κ1) is 8.72. The van der Waals surface area contributed by atoms with Crippen LogP contribution in [0, 0.1) is 0 Å². The largest absolute Gasteiger partial charge is 0.503 e. The molecule has 16 heavy (non-hydrogen) atoms. The molecule has 3 heterocycles. The first-order valence-corrected chi connectivity index (χ1v) is 4.51. The number of H-pyrrole nitrogens is 2. The Kier molecular flexibility index (Phi) is 1.61. The Bertz CT molecular complexity index is 643. The molecule has 3 aromatic rings. The number of aromatic hydroxyl groups is 2. The van der Waals surface area contributed by atoms with Crippen molar-refractivity contribution in [3.05, 3.63) is 18.7 Å². The van der Waals surface area contributed by atoms with E-state index in [-0.39, 0.29) is 11.6 Å². The number of rotatable bonds is 1. The lowest BCUT2D eigenvalue weighted by Crippen LogP contribution is -1.85. The summed E-state index contributed by atoms with van der Waals surface area (Å²) in [5.41, 5.74) is 1.59. The summed E-state index contributed by atoms with van der Waals surface area (Å²) in [7, 11) is 0. The average Bonchev–Trinajstić information content (AvgIpc) is 2.88. The van der Waals surface area contributed by atoms with Gasteiger partial charge in [-0.15, -0.1) is 0 Å². The van der Waals surface area contributed by atoms with Crippen LogP contribution in [0.5, 0.6) is 11.6 Å². The number of nitrogens with zero attached hydrogens (tertiary/aromatic N) is 3. The molecule has 0 aliphatic carbocycles. The highest BCUT2D eigenvalue weighted by Gasteiger charge is 2.16. The number of aromatic nitrogens is 5. The second-order valence-corrected chi connectivity index (χ2v) is 3.26. The molecule has 0 radical (unpaired) electrons. The maximum absolute atomic E-state index is 9.69.